The monoisotopic (exact) mass is 351 g/mol. The van der Waals surface area contributed by atoms with Crippen LogP contribution in [0.4, 0.5) is 5.00 Å². The van der Waals surface area contributed by atoms with E-state index >= 15 is 0 Å². The van der Waals surface area contributed by atoms with Crippen LogP contribution in [-0.2, 0) is 27.6 Å². The molecule has 0 aromatic carbocycles. The van der Waals surface area contributed by atoms with E-state index in [-0.39, 0.29) is 11.6 Å². The van der Waals surface area contributed by atoms with Crippen molar-refractivity contribution in [3.63, 3.8) is 0 Å². The lowest BCUT2D eigenvalue weighted by molar-refractivity contribution is 0.0601. The number of rotatable bonds is 6. The van der Waals surface area contributed by atoms with Gasteiger partial charge in [-0.3, -0.25) is 4.72 Å². The first-order valence-electron chi connectivity index (χ1n) is 6.78. The molecule has 1 N–H and O–H groups in total. The molecule has 0 aliphatic heterocycles. The number of esters is 1. The number of ether oxygens (including phenoxy) is 1. The van der Waals surface area contributed by atoms with E-state index < -0.39 is 16.0 Å². The van der Waals surface area contributed by atoms with E-state index in [9.17, 15) is 13.2 Å². The van der Waals surface area contributed by atoms with Crippen molar-refractivity contribution in [3.8, 4) is 0 Å². The highest BCUT2D eigenvalue weighted by molar-refractivity contribution is 7.92. The van der Waals surface area contributed by atoms with Crippen LogP contribution in [0, 0.1) is 0 Å². The predicted octanol–water partition coefficient (Wildman–Crippen LogP) is 2.78. The summed E-state index contributed by atoms with van der Waals surface area (Å²) < 4.78 is 31.4. The predicted molar refractivity (Wildman–Crippen MR) is 85.0 cm³/mol. The molecular weight excluding hydrogens is 334 g/mol. The highest BCUT2D eigenvalue weighted by Gasteiger charge is 2.27. The molecule has 0 atom stereocenters. The molecular formula is C13H18ClNO4S2. The maximum absolute atomic E-state index is 12.0. The van der Waals surface area contributed by atoms with Crippen LogP contribution >= 0.6 is 22.9 Å². The van der Waals surface area contributed by atoms with Crippen molar-refractivity contribution in [3.05, 3.63) is 16.0 Å². The lowest BCUT2D eigenvalue weighted by Gasteiger charge is -2.12. The molecule has 2 rings (SSSR count). The van der Waals surface area contributed by atoms with E-state index in [0.717, 1.165) is 36.1 Å². The molecule has 1 aromatic heterocycles. The minimum atomic E-state index is -3.49. The Labute approximate surface area is 133 Å². The van der Waals surface area contributed by atoms with Crippen molar-refractivity contribution in [2.24, 2.45) is 0 Å². The molecule has 21 heavy (non-hydrogen) atoms. The second-order valence-corrected chi connectivity index (χ2v) is 8.20. The number of halogens is 1. The lowest BCUT2D eigenvalue weighted by atomic mass is 9.95. The van der Waals surface area contributed by atoms with E-state index in [2.05, 4.69) is 4.72 Å². The van der Waals surface area contributed by atoms with Crippen molar-refractivity contribution in [2.45, 2.75) is 32.1 Å². The van der Waals surface area contributed by atoms with Crippen LogP contribution in [0.2, 0.25) is 0 Å². The van der Waals surface area contributed by atoms with Crippen LogP contribution in [0.5, 0.6) is 0 Å². The van der Waals surface area contributed by atoms with Crippen LogP contribution < -0.4 is 4.72 Å². The number of fused-ring (bicyclic) bond motifs is 1. The van der Waals surface area contributed by atoms with Crippen LogP contribution in [-0.4, -0.2) is 33.1 Å². The molecule has 0 amide bonds. The molecule has 8 heteroatoms. The van der Waals surface area contributed by atoms with E-state index in [1.165, 1.54) is 18.4 Å². The van der Waals surface area contributed by atoms with Crippen LogP contribution in [0.3, 0.4) is 0 Å². The zero-order valence-corrected chi connectivity index (χ0v) is 14.2. The van der Waals surface area contributed by atoms with Gasteiger partial charge >= 0.3 is 5.97 Å². The highest BCUT2D eigenvalue weighted by atomic mass is 35.5. The molecule has 0 fully saturated rings. The van der Waals surface area contributed by atoms with Gasteiger partial charge in [-0.15, -0.1) is 22.9 Å². The number of aryl methyl sites for hydroxylation is 1. The molecule has 0 unspecified atom stereocenters. The standard InChI is InChI=1S/C13H18ClNO4S2/c1-19-13(16)11-9-5-2-3-6-10(9)20-12(11)15-21(17,18)8-4-7-14/h15H,2-8H2,1H3. The molecule has 118 valence electrons. The first-order valence-corrected chi connectivity index (χ1v) is 9.78. The third kappa shape index (κ3) is 3.90. The van der Waals surface area contributed by atoms with E-state index in [0.29, 0.717) is 17.0 Å². The van der Waals surface area contributed by atoms with Crippen LogP contribution in [0.1, 0.15) is 40.1 Å². The Morgan fingerprint density at radius 2 is 2.10 bits per heavy atom. The molecule has 1 aliphatic rings. The van der Waals surface area contributed by atoms with Gasteiger partial charge in [0.05, 0.1) is 18.4 Å². The fraction of sp³-hybridized carbons (Fsp3) is 0.615. The number of nitrogens with one attached hydrogen (secondary N) is 1. The summed E-state index contributed by atoms with van der Waals surface area (Å²) in [5.74, 6) is -0.254. The first-order chi connectivity index (χ1) is 9.98. The van der Waals surface area contributed by atoms with E-state index in [1.807, 2.05) is 0 Å². The Bertz CT molecular complexity index is 624. The van der Waals surface area contributed by atoms with Gasteiger partial charge in [-0.1, -0.05) is 0 Å². The molecule has 1 aliphatic carbocycles. The maximum Gasteiger partial charge on any atom is 0.341 e. The second-order valence-electron chi connectivity index (χ2n) is 4.87. The summed E-state index contributed by atoms with van der Waals surface area (Å²) >= 11 is 6.88. The summed E-state index contributed by atoms with van der Waals surface area (Å²) in [4.78, 5) is 13.1. The molecule has 0 spiro atoms. The first kappa shape index (κ1) is 16.6. The number of methoxy groups -OCH3 is 1. The Hall–Kier alpha value is -0.790. The number of hydrogen-bond donors (Lipinski definition) is 1. The Morgan fingerprint density at radius 1 is 1.38 bits per heavy atom. The van der Waals surface area contributed by atoms with Crippen LogP contribution in [0.15, 0.2) is 0 Å². The number of anilines is 1. The highest BCUT2D eigenvalue weighted by Crippen LogP contribution is 2.39. The fourth-order valence-electron chi connectivity index (χ4n) is 2.39. The number of carbonyl (C=O) groups excluding carboxylic acids is 1. The molecule has 1 aromatic rings. The van der Waals surface area contributed by atoms with Gasteiger partial charge < -0.3 is 4.74 Å². The Balaban J connectivity index is 2.34. The van der Waals surface area contributed by atoms with Crippen LogP contribution in [0.25, 0.3) is 0 Å². The van der Waals surface area contributed by atoms with Gasteiger partial charge in [0.2, 0.25) is 10.0 Å². The van der Waals surface area contributed by atoms with Crippen molar-refractivity contribution < 1.29 is 17.9 Å². The average Bonchev–Trinajstić information content (AvgIpc) is 2.81. The van der Waals surface area contributed by atoms with Gasteiger partial charge in [-0.25, -0.2) is 13.2 Å². The number of carbonyl (C=O) groups is 1. The molecule has 5 nitrogen and oxygen atoms in total. The largest absolute Gasteiger partial charge is 0.465 e. The quantitative estimate of drug-likeness (QED) is 0.631. The second kappa shape index (κ2) is 6.98. The zero-order chi connectivity index (χ0) is 15.5. The molecule has 0 bridgehead atoms. The minimum Gasteiger partial charge on any atom is -0.465 e. The average molecular weight is 352 g/mol. The zero-order valence-electron chi connectivity index (χ0n) is 11.8. The summed E-state index contributed by atoms with van der Waals surface area (Å²) in [6, 6.07) is 0. The summed E-state index contributed by atoms with van der Waals surface area (Å²) in [5.41, 5.74) is 1.32. The van der Waals surface area contributed by atoms with Crippen molar-refractivity contribution in [1.29, 1.82) is 0 Å². The maximum atomic E-state index is 12.0. The SMILES string of the molecule is COC(=O)c1c(NS(=O)(=O)CCCCl)sc2c1CCCC2. The summed E-state index contributed by atoms with van der Waals surface area (Å²) in [6.07, 6.45) is 4.11. The molecule has 0 saturated carbocycles. The molecule has 0 radical (unpaired) electrons. The third-order valence-corrected chi connectivity index (χ3v) is 6.30. The summed E-state index contributed by atoms with van der Waals surface area (Å²) in [5, 5.41) is 0.378. The van der Waals surface area contributed by atoms with Gasteiger partial charge in [0.15, 0.2) is 0 Å². The van der Waals surface area contributed by atoms with Gasteiger partial charge in [0.25, 0.3) is 0 Å². The van der Waals surface area contributed by atoms with Gasteiger partial charge in [0.1, 0.15) is 5.00 Å². The normalized spacial score (nSPS) is 14.6. The van der Waals surface area contributed by atoms with E-state index in [1.54, 1.807) is 0 Å². The lowest BCUT2D eigenvalue weighted by Crippen LogP contribution is -2.18. The van der Waals surface area contributed by atoms with Crippen molar-refractivity contribution in [2.75, 3.05) is 23.5 Å². The summed E-state index contributed by atoms with van der Waals surface area (Å²) in [6.45, 7) is 0. The number of sulfonamides is 1. The smallest absolute Gasteiger partial charge is 0.341 e. The molecule has 0 saturated heterocycles. The number of hydrogen-bond acceptors (Lipinski definition) is 5. The van der Waals surface area contributed by atoms with Gasteiger partial charge in [-0.05, 0) is 37.7 Å². The summed E-state index contributed by atoms with van der Waals surface area (Å²) in [7, 11) is -2.19. The number of alkyl halides is 1. The number of thiophene rings is 1. The topological polar surface area (TPSA) is 72.5 Å². The van der Waals surface area contributed by atoms with Gasteiger partial charge in [-0.2, -0.15) is 0 Å². The van der Waals surface area contributed by atoms with Crippen molar-refractivity contribution in [1.82, 2.24) is 0 Å². The minimum absolute atomic E-state index is 0.0559. The fourth-order valence-corrected chi connectivity index (χ4v) is 5.37. The Morgan fingerprint density at radius 3 is 2.76 bits per heavy atom. The van der Waals surface area contributed by atoms with Crippen molar-refractivity contribution >= 4 is 43.9 Å². The van der Waals surface area contributed by atoms with Gasteiger partial charge in [0, 0.05) is 10.8 Å². The molecule has 1 heterocycles. The Kier molecular flexibility index (Phi) is 5.51. The third-order valence-electron chi connectivity index (χ3n) is 3.36. The van der Waals surface area contributed by atoms with E-state index in [4.69, 9.17) is 16.3 Å².